The van der Waals surface area contributed by atoms with Crippen molar-refractivity contribution >= 4 is 18.4 Å². The Morgan fingerprint density at radius 3 is 2.35 bits per heavy atom. The lowest BCUT2D eigenvalue weighted by Gasteiger charge is -2.38. The summed E-state index contributed by atoms with van der Waals surface area (Å²) in [6, 6.07) is 0.682. The molecule has 2 heterocycles. The molecule has 1 N–H and O–H groups in total. The van der Waals surface area contributed by atoms with Crippen molar-refractivity contribution in [1.29, 1.82) is 0 Å². The third kappa shape index (κ3) is 3.75. The Morgan fingerprint density at radius 2 is 1.76 bits per heavy atom. The molecule has 0 aliphatic carbocycles. The Morgan fingerprint density at radius 1 is 1.12 bits per heavy atom. The number of rotatable bonds is 0. The first-order chi connectivity index (χ1) is 7.66. The summed E-state index contributed by atoms with van der Waals surface area (Å²) in [5, 5.41) is 3.36. The number of halogens is 1. The summed E-state index contributed by atoms with van der Waals surface area (Å²) in [5.41, 5.74) is 0. The minimum Gasteiger partial charge on any atom is -0.325 e. The van der Waals surface area contributed by atoms with Gasteiger partial charge in [-0.1, -0.05) is 6.92 Å². The van der Waals surface area contributed by atoms with Gasteiger partial charge in [0.15, 0.2) is 0 Å². The van der Waals surface area contributed by atoms with Crippen molar-refractivity contribution in [3.8, 4) is 0 Å². The van der Waals surface area contributed by atoms with Crippen LogP contribution in [0.4, 0.5) is 4.79 Å². The Labute approximate surface area is 110 Å². The van der Waals surface area contributed by atoms with E-state index in [1.54, 1.807) is 0 Å². The van der Waals surface area contributed by atoms with E-state index in [-0.39, 0.29) is 18.4 Å². The van der Waals surface area contributed by atoms with Crippen molar-refractivity contribution < 1.29 is 4.79 Å². The molecule has 0 saturated carbocycles. The second kappa shape index (κ2) is 6.45. The van der Waals surface area contributed by atoms with Gasteiger partial charge in [-0.2, -0.15) is 0 Å². The fourth-order valence-electron chi connectivity index (χ4n) is 2.51. The van der Waals surface area contributed by atoms with Gasteiger partial charge in [0.1, 0.15) is 0 Å². The molecule has 1 unspecified atom stereocenters. The van der Waals surface area contributed by atoms with Crippen molar-refractivity contribution in [1.82, 2.24) is 15.1 Å². The standard InChI is InChI=1S/C12H23N3O.ClH/c1-10-3-6-14(7-4-10)12(16)15-8-5-13-11(2)9-15;/h10-11,13H,3-9H2,1-2H3;1H. The molecule has 0 spiro atoms. The van der Waals surface area contributed by atoms with E-state index in [9.17, 15) is 4.79 Å². The van der Waals surface area contributed by atoms with Crippen LogP contribution in [0.25, 0.3) is 0 Å². The zero-order valence-electron chi connectivity index (χ0n) is 10.8. The van der Waals surface area contributed by atoms with Crippen molar-refractivity contribution in [2.45, 2.75) is 32.7 Å². The molecule has 2 aliphatic rings. The van der Waals surface area contributed by atoms with Gasteiger partial charge in [-0.15, -0.1) is 12.4 Å². The van der Waals surface area contributed by atoms with Gasteiger partial charge in [-0.05, 0) is 25.7 Å². The smallest absolute Gasteiger partial charge is 0.320 e. The minimum atomic E-state index is 0. The number of urea groups is 1. The first-order valence-electron chi connectivity index (χ1n) is 6.44. The van der Waals surface area contributed by atoms with E-state index < -0.39 is 0 Å². The third-order valence-electron chi connectivity index (χ3n) is 3.69. The number of carbonyl (C=O) groups is 1. The van der Waals surface area contributed by atoms with E-state index >= 15 is 0 Å². The molecular formula is C12H24ClN3O. The van der Waals surface area contributed by atoms with E-state index in [1.807, 2.05) is 9.80 Å². The van der Waals surface area contributed by atoms with E-state index in [2.05, 4.69) is 19.2 Å². The number of nitrogens with one attached hydrogen (secondary N) is 1. The molecule has 0 bridgehead atoms. The van der Waals surface area contributed by atoms with Gasteiger partial charge in [0.25, 0.3) is 0 Å². The molecule has 2 saturated heterocycles. The van der Waals surface area contributed by atoms with Crippen molar-refractivity contribution in [2.75, 3.05) is 32.7 Å². The van der Waals surface area contributed by atoms with Crippen LogP contribution in [0.5, 0.6) is 0 Å². The molecule has 0 radical (unpaired) electrons. The van der Waals surface area contributed by atoms with Crippen molar-refractivity contribution in [3.63, 3.8) is 0 Å². The van der Waals surface area contributed by atoms with Crippen LogP contribution in [0.15, 0.2) is 0 Å². The maximum atomic E-state index is 12.2. The van der Waals surface area contributed by atoms with Gasteiger partial charge in [0.2, 0.25) is 0 Å². The molecule has 2 aliphatic heterocycles. The number of carbonyl (C=O) groups excluding carboxylic acids is 1. The maximum Gasteiger partial charge on any atom is 0.320 e. The zero-order chi connectivity index (χ0) is 11.5. The van der Waals surface area contributed by atoms with E-state index in [1.165, 1.54) is 0 Å². The highest BCUT2D eigenvalue weighted by molar-refractivity contribution is 5.85. The molecule has 2 fully saturated rings. The van der Waals surface area contributed by atoms with E-state index in [0.29, 0.717) is 6.04 Å². The quantitative estimate of drug-likeness (QED) is 0.718. The molecule has 0 aromatic rings. The summed E-state index contributed by atoms with van der Waals surface area (Å²) in [6.07, 6.45) is 2.32. The molecule has 5 heteroatoms. The molecule has 2 amide bonds. The van der Waals surface area contributed by atoms with Crippen molar-refractivity contribution in [2.24, 2.45) is 5.92 Å². The van der Waals surface area contributed by atoms with Gasteiger partial charge in [-0.3, -0.25) is 0 Å². The summed E-state index contributed by atoms with van der Waals surface area (Å²) in [5.74, 6) is 0.783. The molecule has 2 rings (SSSR count). The topological polar surface area (TPSA) is 35.6 Å². The Balaban J connectivity index is 0.00000144. The van der Waals surface area contributed by atoms with Crippen LogP contribution >= 0.6 is 12.4 Å². The minimum absolute atomic E-state index is 0. The van der Waals surface area contributed by atoms with Crippen LogP contribution in [-0.2, 0) is 0 Å². The molecule has 1 atom stereocenters. The Bertz CT molecular complexity index is 254. The Kier molecular flexibility index (Phi) is 5.53. The zero-order valence-corrected chi connectivity index (χ0v) is 11.6. The number of nitrogens with zero attached hydrogens (tertiary/aromatic N) is 2. The fraction of sp³-hybridized carbons (Fsp3) is 0.917. The largest absolute Gasteiger partial charge is 0.325 e. The lowest BCUT2D eigenvalue weighted by atomic mass is 9.99. The first kappa shape index (κ1) is 14.6. The number of hydrogen-bond acceptors (Lipinski definition) is 2. The normalized spacial score (nSPS) is 26.6. The van der Waals surface area contributed by atoms with Crippen LogP contribution in [0.1, 0.15) is 26.7 Å². The van der Waals surface area contributed by atoms with Gasteiger partial charge >= 0.3 is 6.03 Å². The number of piperidine rings is 1. The van der Waals surface area contributed by atoms with Crippen LogP contribution in [-0.4, -0.2) is 54.6 Å². The molecule has 100 valence electrons. The number of likely N-dealkylation sites (tertiary alicyclic amines) is 1. The Hall–Kier alpha value is -0.480. The van der Waals surface area contributed by atoms with Crippen molar-refractivity contribution in [3.05, 3.63) is 0 Å². The van der Waals surface area contributed by atoms with Gasteiger partial charge in [0, 0.05) is 38.8 Å². The molecule has 4 nitrogen and oxygen atoms in total. The number of hydrogen-bond donors (Lipinski definition) is 1. The van der Waals surface area contributed by atoms with Gasteiger partial charge in [-0.25, -0.2) is 4.79 Å². The highest BCUT2D eigenvalue weighted by atomic mass is 35.5. The number of piperazine rings is 1. The monoisotopic (exact) mass is 261 g/mol. The van der Waals surface area contributed by atoms with Crippen LogP contribution < -0.4 is 5.32 Å². The average molecular weight is 262 g/mol. The summed E-state index contributed by atoms with van der Waals surface area (Å²) < 4.78 is 0. The van der Waals surface area contributed by atoms with E-state index in [4.69, 9.17) is 0 Å². The summed E-state index contributed by atoms with van der Waals surface area (Å²) >= 11 is 0. The molecule has 0 aromatic carbocycles. The predicted octanol–water partition coefficient (Wildman–Crippen LogP) is 1.55. The lowest BCUT2D eigenvalue weighted by Crippen LogP contribution is -2.55. The van der Waals surface area contributed by atoms with Crippen LogP contribution in [0, 0.1) is 5.92 Å². The molecular weight excluding hydrogens is 238 g/mol. The SMILES string of the molecule is CC1CCN(C(=O)N2CCNC(C)C2)CC1.Cl. The molecule has 0 aromatic heterocycles. The van der Waals surface area contributed by atoms with Gasteiger partial charge < -0.3 is 15.1 Å². The summed E-state index contributed by atoms with van der Waals surface area (Å²) in [4.78, 5) is 16.3. The van der Waals surface area contributed by atoms with Gasteiger partial charge in [0.05, 0.1) is 0 Å². The second-order valence-electron chi connectivity index (χ2n) is 5.25. The van der Waals surface area contributed by atoms with Crippen LogP contribution in [0.3, 0.4) is 0 Å². The summed E-state index contributed by atoms with van der Waals surface area (Å²) in [6.45, 7) is 8.93. The van der Waals surface area contributed by atoms with E-state index in [0.717, 1.165) is 51.5 Å². The highest BCUT2D eigenvalue weighted by Crippen LogP contribution is 2.17. The fourth-order valence-corrected chi connectivity index (χ4v) is 2.51. The lowest BCUT2D eigenvalue weighted by molar-refractivity contribution is 0.123. The highest BCUT2D eigenvalue weighted by Gasteiger charge is 2.27. The maximum absolute atomic E-state index is 12.2. The van der Waals surface area contributed by atoms with Crippen LogP contribution in [0.2, 0.25) is 0 Å². The third-order valence-corrected chi connectivity index (χ3v) is 3.69. The first-order valence-corrected chi connectivity index (χ1v) is 6.44. The molecule has 17 heavy (non-hydrogen) atoms. The average Bonchev–Trinajstić information content (AvgIpc) is 2.29. The number of amides is 2. The summed E-state index contributed by atoms with van der Waals surface area (Å²) in [7, 11) is 0. The second-order valence-corrected chi connectivity index (χ2v) is 5.25. The predicted molar refractivity (Wildman–Crippen MR) is 71.7 cm³/mol.